The second-order valence-corrected chi connectivity index (χ2v) is 6.89. The molecule has 0 aliphatic carbocycles. The van der Waals surface area contributed by atoms with Crippen LogP contribution in [0.2, 0.25) is 5.02 Å². The molecule has 0 aromatic heterocycles. The Bertz CT molecular complexity index is 992. The summed E-state index contributed by atoms with van der Waals surface area (Å²) in [5, 5.41) is 4.09. The van der Waals surface area contributed by atoms with Crippen molar-refractivity contribution in [2.75, 3.05) is 18.7 Å². The van der Waals surface area contributed by atoms with Crippen molar-refractivity contribution < 1.29 is 18.9 Å². The minimum Gasteiger partial charge on any atom is -0.490 e. The van der Waals surface area contributed by atoms with Crippen LogP contribution in [-0.2, 0) is 13.2 Å². The number of hydrogen-bond donors (Lipinski definition) is 1. The van der Waals surface area contributed by atoms with Gasteiger partial charge in [0.1, 0.15) is 6.61 Å². The number of fused-ring (bicyclic) bond motifs is 1. The summed E-state index contributed by atoms with van der Waals surface area (Å²) in [6, 6.07) is 19.3. The van der Waals surface area contributed by atoms with E-state index in [2.05, 4.69) is 5.32 Å². The predicted molar refractivity (Wildman–Crippen MR) is 113 cm³/mol. The van der Waals surface area contributed by atoms with Crippen LogP contribution in [0.5, 0.6) is 23.0 Å². The second kappa shape index (κ2) is 8.97. The van der Waals surface area contributed by atoms with E-state index in [1.54, 1.807) is 0 Å². The number of para-hydroxylation sites is 1. The lowest BCUT2D eigenvalue weighted by molar-refractivity contribution is 0.174. The molecule has 3 aromatic rings. The zero-order chi connectivity index (χ0) is 20.1. The lowest BCUT2D eigenvalue weighted by Crippen LogP contribution is -2.06. The zero-order valence-electron chi connectivity index (χ0n) is 16.1. The number of ether oxygens (including phenoxy) is 4. The molecule has 0 radical (unpaired) electrons. The fraction of sp³-hybridized carbons (Fsp3) is 0.217. The topological polar surface area (TPSA) is 49.0 Å². The highest BCUT2D eigenvalue weighted by Crippen LogP contribution is 2.36. The maximum Gasteiger partial charge on any atom is 0.231 e. The Morgan fingerprint density at radius 2 is 1.76 bits per heavy atom. The van der Waals surface area contributed by atoms with E-state index < -0.39 is 0 Å². The van der Waals surface area contributed by atoms with E-state index in [1.807, 2.05) is 67.6 Å². The Labute approximate surface area is 175 Å². The number of hydrogen-bond acceptors (Lipinski definition) is 5. The van der Waals surface area contributed by atoms with E-state index in [4.69, 9.17) is 30.5 Å². The molecule has 0 atom stereocenters. The maximum absolute atomic E-state index is 6.27. The maximum atomic E-state index is 6.27. The van der Waals surface area contributed by atoms with Crippen LogP contribution in [-0.4, -0.2) is 13.4 Å². The number of nitrogens with one attached hydrogen (secondary N) is 1. The van der Waals surface area contributed by atoms with Crippen LogP contribution < -0.4 is 24.3 Å². The molecule has 1 N–H and O–H groups in total. The van der Waals surface area contributed by atoms with Crippen LogP contribution in [0.3, 0.4) is 0 Å². The molecule has 1 aliphatic heterocycles. The quantitative estimate of drug-likeness (QED) is 0.518. The van der Waals surface area contributed by atoms with Crippen molar-refractivity contribution in [2.24, 2.45) is 0 Å². The molecule has 0 amide bonds. The van der Waals surface area contributed by atoms with Crippen LogP contribution in [0.1, 0.15) is 18.1 Å². The van der Waals surface area contributed by atoms with Gasteiger partial charge in [-0.05, 0) is 31.2 Å². The summed E-state index contributed by atoms with van der Waals surface area (Å²) in [5.41, 5.74) is 2.85. The summed E-state index contributed by atoms with van der Waals surface area (Å²) in [4.78, 5) is 0. The highest BCUT2D eigenvalue weighted by molar-refractivity contribution is 6.31. The summed E-state index contributed by atoms with van der Waals surface area (Å²) >= 11 is 6.27. The van der Waals surface area contributed by atoms with E-state index in [0.717, 1.165) is 28.3 Å². The van der Waals surface area contributed by atoms with Gasteiger partial charge in [-0.1, -0.05) is 41.9 Å². The molecular formula is C23H22ClNO4. The lowest BCUT2D eigenvalue weighted by atomic mass is 10.1. The largest absolute Gasteiger partial charge is 0.490 e. The monoisotopic (exact) mass is 411 g/mol. The molecule has 0 spiro atoms. The Balaban J connectivity index is 1.52. The summed E-state index contributed by atoms with van der Waals surface area (Å²) < 4.78 is 22.8. The molecule has 0 saturated heterocycles. The highest BCUT2D eigenvalue weighted by Gasteiger charge is 2.15. The number of rotatable bonds is 8. The van der Waals surface area contributed by atoms with Gasteiger partial charge in [0.15, 0.2) is 23.0 Å². The minimum atomic E-state index is 0.259. The zero-order valence-corrected chi connectivity index (χ0v) is 16.9. The molecule has 150 valence electrons. The van der Waals surface area contributed by atoms with Gasteiger partial charge >= 0.3 is 0 Å². The molecule has 0 saturated carbocycles. The third-order valence-corrected chi connectivity index (χ3v) is 4.91. The highest BCUT2D eigenvalue weighted by atomic mass is 35.5. The van der Waals surface area contributed by atoms with Crippen molar-refractivity contribution in [3.63, 3.8) is 0 Å². The second-order valence-electron chi connectivity index (χ2n) is 6.48. The first-order chi connectivity index (χ1) is 14.2. The van der Waals surface area contributed by atoms with Crippen molar-refractivity contribution in [2.45, 2.75) is 20.1 Å². The van der Waals surface area contributed by atoms with E-state index in [0.29, 0.717) is 36.3 Å². The van der Waals surface area contributed by atoms with Gasteiger partial charge in [0.05, 0.1) is 6.61 Å². The Hall–Kier alpha value is -3.05. The summed E-state index contributed by atoms with van der Waals surface area (Å²) in [7, 11) is 0. The molecule has 4 rings (SSSR count). The van der Waals surface area contributed by atoms with Crippen LogP contribution in [0.4, 0.5) is 5.69 Å². The minimum absolute atomic E-state index is 0.259. The molecule has 0 bridgehead atoms. The summed E-state index contributed by atoms with van der Waals surface area (Å²) in [6.45, 7) is 3.70. The molecule has 1 aliphatic rings. The van der Waals surface area contributed by atoms with Crippen molar-refractivity contribution >= 4 is 17.3 Å². The molecular weight excluding hydrogens is 390 g/mol. The first-order valence-electron chi connectivity index (χ1n) is 9.49. The van der Waals surface area contributed by atoms with Crippen molar-refractivity contribution in [1.29, 1.82) is 0 Å². The fourth-order valence-corrected chi connectivity index (χ4v) is 3.29. The third kappa shape index (κ3) is 4.51. The Kier molecular flexibility index (Phi) is 5.96. The summed E-state index contributed by atoms with van der Waals surface area (Å²) in [6.07, 6.45) is 0. The van der Waals surface area contributed by atoms with Gasteiger partial charge in [0.2, 0.25) is 6.79 Å². The molecule has 3 aromatic carbocycles. The standard InChI is InChI=1S/C23H22ClNO4/c1-2-26-21-9-5-7-16(23(21)27-14-17-6-3-4-8-19(17)24)13-25-18-10-11-20-22(12-18)29-15-28-20/h3-12,25H,2,13-15H2,1H3. The Morgan fingerprint density at radius 3 is 2.62 bits per heavy atom. The Morgan fingerprint density at radius 1 is 0.931 bits per heavy atom. The van der Waals surface area contributed by atoms with Crippen LogP contribution in [0, 0.1) is 0 Å². The van der Waals surface area contributed by atoms with Gasteiger partial charge in [-0.2, -0.15) is 0 Å². The van der Waals surface area contributed by atoms with Crippen molar-refractivity contribution in [1.82, 2.24) is 0 Å². The van der Waals surface area contributed by atoms with E-state index in [-0.39, 0.29) is 6.79 Å². The van der Waals surface area contributed by atoms with Gasteiger partial charge in [0.25, 0.3) is 0 Å². The lowest BCUT2D eigenvalue weighted by Gasteiger charge is -2.17. The predicted octanol–water partition coefficient (Wildman–Crippen LogP) is 5.66. The molecule has 5 nitrogen and oxygen atoms in total. The SMILES string of the molecule is CCOc1cccc(CNc2ccc3c(c2)OCO3)c1OCc1ccccc1Cl. The van der Waals surface area contributed by atoms with Gasteiger partial charge < -0.3 is 24.3 Å². The molecule has 6 heteroatoms. The van der Waals surface area contributed by atoms with Gasteiger partial charge in [-0.3, -0.25) is 0 Å². The van der Waals surface area contributed by atoms with Crippen molar-refractivity contribution in [3.05, 3.63) is 76.8 Å². The van der Waals surface area contributed by atoms with Gasteiger partial charge in [-0.25, -0.2) is 0 Å². The molecule has 0 fully saturated rings. The van der Waals surface area contributed by atoms with E-state index in [9.17, 15) is 0 Å². The van der Waals surface area contributed by atoms with Gasteiger partial charge in [-0.15, -0.1) is 0 Å². The molecule has 29 heavy (non-hydrogen) atoms. The van der Waals surface area contributed by atoms with Crippen LogP contribution >= 0.6 is 11.6 Å². The van der Waals surface area contributed by atoms with Crippen LogP contribution in [0.15, 0.2) is 60.7 Å². The van der Waals surface area contributed by atoms with Crippen LogP contribution in [0.25, 0.3) is 0 Å². The van der Waals surface area contributed by atoms with E-state index >= 15 is 0 Å². The van der Waals surface area contributed by atoms with E-state index in [1.165, 1.54) is 0 Å². The molecule has 1 heterocycles. The van der Waals surface area contributed by atoms with Gasteiger partial charge in [0, 0.05) is 34.4 Å². The molecule has 0 unspecified atom stereocenters. The third-order valence-electron chi connectivity index (χ3n) is 4.55. The summed E-state index contributed by atoms with van der Waals surface area (Å²) in [5.74, 6) is 2.93. The fourth-order valence-electron chi connectivity index (χ4n) is 3.10. The average Bonchev–Trinajstić information content (AvgIpc) is 3.21. The van der Waals surface area contributed by atoms with Crippen molar-refractivity contribution in [3.8, 4) is 23.0 Å². The number of halogens is 1. The number of benzene rings is 3. The first kappa shape index (κ1) is 19.3. The average molecular weight is 412 g/mol. The number of anilines is 1. The smallest absolute Gasteiger partial charge is 0.231 e. The first-order valence-corrected chi connectivity index (χ1v) is 9.87. The normalized spacial score (nSPS) is 11.9.